The SMILES string of the molecule is CC(c1ccccc1Cl)N(C)Cc1cccc(C(N)=S)c1. The average Bonchev–Trinajstić information content (AvgIpc) is 2.47. The van der Waals surface area contributed by atoms with Crippen molar-refractivity contribution in [3.63, 3.8) is 0 Å². The predicted octanol–water partition coefficient (Wildman–Crippen LogP) is 4.17. The average molecular weight is 319 g/mol. The highest BCUT2D eigenvalue weighted by Gasteiger charge is 2.14. The Morgan fingerprint density at radius 2 is 1.95 bits per heavy atom. The van der Waals surface area contributed by atoms with E-state index in [-0.39, 0.29) is 6.04 Å². The van der Waals surface area contributed by atoms with Crippen molar-refractivity contribution in [3.05, 3.63) is 70.2 Å². The van der Waals surface area contributed by atoms with Crippen LogP contribution in [0.2, 0.25) is 5.02 Å². The van der Waals surface area contributed by atoms with E-state index < -0.39 is 0 Å². The van der Waals surface area contributed by atoms with Gasteiger partial charge in [0.15, 0.2) is 0 Å². The molecule has 0 aromatic heterocycles. The topological polar surface area (TPSA) is 29.3 Å². The Labute approximate surface area is 136 Å². The van der Waals surface area contributed by atoms with Gasteiger partial charge in [0.2, 0.25) is 0 Å². The molecule has 0 fully saturated rings. The number of hydrogen-bond donors (Lipinski definition) is 1. The first-order valence-electron chi connectivity index (χ1n) is 6.82. The molecular formula is C17H19ClN2S. The van der Waals surface area contributed by atoms with E-state index in [0.717, 1.165) is 22.7 Å². The fraction of sp³-hybridized carbons (Fsp3) is 0.235. The van der Waals surface area contributed by atoms with Gasteiger partial charge >= 0.3 is 0 Å². The van der Waals surface area contributed by atoms with Crippen LogP contribution in [0, 0.1) is 0 Å². The monoisotopic (exact) mass is 318 g/mol. The van der Waals surface area contributed by atoms with Crippen molar-refractivity contribution in [1.29, 1.82) is 0 Å². The summed E-state index contributed by atoms with van der Waals surface area (Å²) < 4.78 is 0. The van der Waals surface area contributed by atoms with Crippen molar-refractivity contribution in [2.45, 2.75) is 19.5 Å². The van der Waals surface area contributed by atoms with Crippen LogP contribution < -0.4 is 5.73 Å². The van der Waals surface area contributed by atoms with E-state index >= 15 is 0 Å². The van der Waals surface area contributed by atoms with Gasteiger partial charge in [0.1, 0.15) is 4.99 Å². The van der Waals surface area contributed by atoms with Crippen LogP contribution in [0.1, 0.15) is 29.7 Å². The molecule has 2 rings (SSSR count). The van der Waals surface area contributed by atoms with Gasteiger partial charge in [-0.1, -0.05) is 60.2 Å². The van der Waals surface area contributed by atoms with Gasteiger partial charge < -0.3 is 5.73 Å². The molecule has 0 bridgehead atoms. The van der Waals surface area contributed by atoms with Gasteiger partial charge in [0, 0.05) is 23.2 Å². The number of benzene rings is 2. The van der Waals surface area contributed by atoms with Gasteiger partial charge in [-0.2, -0.15) is 0 Å². The molecule has 2 N–H and O–H groups in total. The summed E-state index contributed by atoms with van der Waals surface area (Å²) in [6, 6.07) is 16.2. The van der Waals surface area contributed by atoms with E-state index in [2.05, 4.69) is 31.0 Å². The zero-order valence-electron chi connectivity index (χ0n) is 12.2. The van der Waals surface area contributed by atoms with Crippen LogP contribution in [0.3, 0.4) is 0 Å². The third kappa shape index (κ3) is 4.03. The van der Waals surface area contributed by atoms with E-state index in [0.29, 0.717) is 4.99 Å². The number of thiocarbonyl (C=S) groups is 1. The molecule has 0 aliphatic carbocycles. The largest absolute Gasteiger partial charge is 0.389 e. The Balaban J connectivity index is 2.14. The zero-order valence-corrected chi connectivity index (χ0v) is 13.8. The van der Waals surface area contributed by atoms with Crippen molar-refractivity contribution >= 4 is 28.8 Å². The Morgan fingerprint density at radius 1 is 1.24 bits per heavy atom. The van der Waals surface area contributed by atoms with E-state index in [1.807, 2.05) is 36.4 Å². The fourth-order valence-electron chi connectivity index (χ4n) is 2.30. The van der Waals surface area contributed by atoms with Gasteiger partial charge in [0.05, 0.1) is 0 Å². The van der Waals surface area contributed by atoms with Gasteiger partial charge in [-0.25, -0.2) is 0 Å². The van der Waals surface area contributed by atoms with Crippen molar-refractivity contribution in [2.75, 3.05) is 7.05 Å². The van der Waals surface area contributed by atoms with Gasteiger partial charge in [-0.05, 0) is 37.2 Å². The molecule has 0 saturated carbocycles. The van der Waals surface area contributed by atoms with Crippen LogP contribution in [0.4, 0.5) is 0 Å². The minimum absolute atomic E-state index is 0.229. The third-order valence-corrected chi connectivity index (χ3v) is 4.24. The number of nitrogens with zero attached hydrogens (tertiary/aromatic N) is 1. The lowest BCUT2D eigenvalue weighted by Crippen LogP contribution is -2.22. The lowest BCUT2D eigenvalue weighted by Gasteiger charge is -2.26. The van der Waals surface area contributed by atoms with Crippen LogP contribution in [0.5, 0.6) is 0 Å². The first-order valence-corrected chi connectivity index (χ1v) is 7.61. The second-order valence-corrected chi connectivity index (χ2v) is 6.02. The molecule has 4 heteroatoms. The molecule has 110 valence electrons. The zero-order chi connectivity index (χ0) is 15.4. The smallest absolute Gasteiger partial charge is 0.103 e. The highest BCUT2D eigenvalue weighted by atomic mass is 35.5. The van der Waals surface area contributed by atoms with Crippen molar-refractivity contribution in [2.24, 2.45) is 5.73 Å². The molecule has 0 aliphatic rings. The lowest BCUT2D eigenvalue weighted by atomic mass is 10.1. The Morgan fingerprint density at radius 3 is 2.62 bits per heavy atom. The second kappa shape index (κ2) is 7.03. The maximum atomic E-state index is 6.27. The third-order valence-electron chi connectivity index (χ3n) is 3.66. The molecule has 0 saturated heterocycles. The standard InChI is InChI=1S/C17H19ClN2S/c1-12(15-8-3-4-9-16(15)18)20(2)11-13-6-5-7-14(10-13)17(19)21/h3-10,12H,11H2,1-2H3,(H2,19,21). The van der Waals surface area contributed by atoms with Crippen molar-refractivity contribution in [3.8, 4) is 0 Å². The van der Waals surface area contributed by atoms with Crippen LogP contribution in [0.15, 0.2) is 48.5 Å². The molecule has 1 unspecified atom stereocenters. The summed E-state index contributed by atoms with van der Waals surface area (Å²) in [5.41, 5.74) is 8.90. The molecule has 0 aliphatic heterocycles. The first kappa shape index (κ1) is 16.0. The Hall–Kier alpha value is -1.42. The van der Waals surface area contributed by atoms with Gasteiger partial charge in [0.25, 0.3) is 0 Å². The molecule has 21 heavy (non-hydrogen) atoms. The number of rotatable bonds is 5. The highest BCUT2D eigenvalue weighted by molar-refractivity contribution is 7.80. The van der Waals surface area contributed by atoms with Gasteiger partial charge in [-0.15, -0.1) is 0 Å². The molecule has 1 atom stereocenters. The van der Waals surface area contributed by atoms with Gasteiger partial charge in [-0.3, -0.25) is 4.90 Å². The fourth-order valence-corrected chi connectivity index (χ4v) is 2.72. The minimum Gasteiger partial charge on any atom is -0.389 e. The molecule has 0 heterocycles. The summed E-state index contributed by atoms with van der Waals surface area (Å²) in [5, 5.41) is 0.800. The minimum atomic E-state index is 0.229. The molecule has 2 aromatic rings. The molecule has 2 aromatic carbocycles. The number of halogens is 1. The lowest BCUT2D eigenvalue weighted by molar-refractivity contribution is 0.253. The summed E-state index contributed by atoms with van der Waals surface area (Å²) in [6.07, 6.45) is 0. The highest BCUT2D eigenvalue weighted by Crippen LogP contribution is 2.27. The summed E-state index contributed by atoms with van der Waals surface area (Å²) in [6.45, 7) is 2.96. The quantitative estimate of drug-likeness (QED) is 0.839. The molecule has 2 nitrogen and oxygen atoms in total. The Kier molecular flexibility index (Phi) is 5.34. The first-order chi connectivity index (χ1) is 9.99. The summed E-state index contributed by atoms with van der Waals surface area (Å²) >= 11 is 11.3. The molecule has 0 amide bonds. The molecule has 0 spiro atoms. The summed E-state index contributed by atoms with van der Waals surface area (Å²) in [7, 11) is 2.08. The molecule has 0 radical (unpaired) electrons. The van der Waals surface area contributed by atoms with E-state index in [9.17, 15) is 0 Å². The van der Waals surface area contributed by atoms with E-state index in [1.54, 1.807) is 0 Å². The summed E-state index contributed by atoms with van der Waals surface area (Å²) in [4.78, 5) is 2.68. The number of hydrogen-bond acceptors (Lipinski definition) is 2. The van der Waals surface area contributed by atoms with Crippen LogP contribution >= 0.6 is 23.8 Å². The van der Waals surface area contributed by atoms with Crippen LogP contribution in [-0.4, -0.2) is 16.9 Å². The Bertz CT molecular complexity index is 642. The maximum Gasteiger partial charge on any atom is 0.103 e. The van der Waals surface area contributed by atoms with Crippen LogP contribution in [0.25, 0.3) is 0 Å². The van der Waals surface area contributed by atoms with E-state index in [4.69, 9.17) is 29.6 Å². The predicted molar refractivity (Wildman–Crippen MR) is 93.7 cm³/mol. The van der Waals surface area contributed by atoms with E-state index in [1.165, 1.54) is 5.56 Å². The maximum absolute atomic E-state index is 6.27. The molecular weight excluding hydrogens is 300 g/mol. The normalized spacial score (nSPS) is 12.4. The van der Waals surface area contributed by atoms with Crippen molar-refractivity contribution in [1.82, 2.24) is 4.90 Å². The number of nitrogens with two attached hydrogens (primary N) is 1. The summed E-state index contributed by atoms with van der Waals surface area (Å²) in [5.74, 6) is 0. The van der Waals surface area contributed by atoms with Crippen LogP contribution in [-0.2, 0) is 6.54 Å². The second-order valence-electron chi connectivity index (χ2n) is 5.18. The van der Waals surface area contributed by atoms with Crippen molar-refractivity contribution < 1.29 is 0 Å².